The van der Waals surface area contributed by atoms with Crippen LogP contribution in [0, 0.1) is 0 Å². The van der Waals surface area contributed by atoms with Crippen molar-refractivity contribution >= 4 is 33.2 Å². The molecule has 1 aliphatic rings. The molecule has 0 aliphatic carbocycles. The normalized spacial score (nSPS) is 18.7. The van der Waals surface area contributed by atoms with Crippen LogP contribution in [-0.4, -0.2) is 31.1 Å². The first-order valence-corrected chi connectivity index (χ1v) is 6.72. The molecule has 2 nitrogen and oxygen atoms in total. The predicted octanol–water partition coefficient (Wildman–Crippen LogP) is 3.61. The molecule has 0 unspecified atom stereocenters. The molecule has 0 amide bonds. The molecular formula is C12H16BrClN2. The summed E-state index contributed by atoms with van der Waals surface area (Å²) in [4.78, 5) is 2.37. The summed E-state index contributed by atoms with van der Waals surface area (Å²) in [5, 5.41) is 4.30. The summed E-state index contributed by atoms with van der Waals surface area (Å²) in [5.74, 6) is 0. The van der Waals surface area contributed by atoms with Crippen molar-refractivity contribution in [2.75, 3.05) is 25.5 Å². The Bertz CT molecular complexity index is 362. The minimum atomic E-state index is 0.577. The zero-order valence-corrected chi connectivity index (χ0v) is 11.7. The first-order valence-electron chi connectivity index (χ1n) is 5.55. The molecule has 4 heteroatoms. The van der Waals surface area contributed by atoms with E-state index in [9.17, 15) is 0 Å². The van der Waals surface area contributed by atoms with Crippen molar-refractivity contribution in [1.82, 2.24) is 4.90 Å². The van der Waals surface area contributed by atoms with Crippen LogP contribution in [0.3, 0.4) is 0 Å². The zero-order chi connectivity index (χ0) is 11.5. The molecule has 1 aromatic carbocycles. The van der Waals surface area contributed by atoms with Crippen molar-refractivity contribution in [3.05, 3.63) is 27.7 Å². The van der Waals surface area contributed by atoms with Gasteiger partial charge in [-0.2, -0.15) is 0 Å². The summed E-state index contributed by atoms with van der Waals surface area (Å²) in [7, 11) is 2.17. The zero-order valence-electron chi connectivity index (χ0n) is 9.34. The molecule has 0 aromatic heterocycles. The van der Waals surface area contributed by atoms with Crippen LogP contribution >= 0.6 is 27.5 Å². The quantitative estimate of drug-likeness (QED) is 0.898. The lowest BCUT2D eigenvalue weighted by atomic mass is 10.1. The smallest absolute Gasteiger partial charge is 0.0568 e. The number of likely N-dealkylation sites (tertiary alicyclic amines) is 1. The number of hydrogen-bond acceptors (Lipinski definition) is 2. The second-order valence-electron chi connectivity index (χ2n) is 4.35. The fourth-order valence-corrected chi connectivity index (χ4v) is 2.40. The molecule has 0 radical (unpaired) electrons. The summed E-state index contributed by atoms with van der Waals surface area (Å²) in [6.45, 7) is 2.34. The number of anilines is 1. The van der Waals surface area contributed by atoms with E-state index in [0.29, 0.717) is 6.04 Å². The third kappa shape index (κ3) is 3.12. The Hall–Kier alpha value is -0.250. The van der Waals surface area contributed by atoms with Crippen LogP contribution in [0.1, 0.15) is 12.8 Å². The van der Waals surface area contributed by atoms with Crippen LogP contribution in [0.25, 0.3) is 0 Å². The molecule has 88 valence electrons. The van der Waals surface area contributed by atoms with E-state index >= 15 is 0 Å². The monoisotopic (exact) mass is 302 g/mol. The maximum absolute atomic E-state index is 6.06. The topological polar surface area (TPSA) is 15.3 Å². The minimum absolute atomic E-state index is 0.577. The van der Waals surface area contributed by atoms with Crippen molar-refractivity contribution in [2.45, 2.75) is 18.9 Å². The number of nitrogens with zero attached hydrogens (tertiary/aromatic N) is 1. The van der Waals surface area contributed by atoms with Gasteiger partial charge in [0.1, 0.15) is 0 Å². The van der Waals surface area contributed by atoms with Crippen molar-refractivity contribution in [2.24, 2.45) is 0 Å². The molecule has 0 saturated carbocycles. The lowest BCUT2D eigenvalue weighted by Crippen LogP contribution is -2.36. The first-order chi connectivity index (χ1) is 7.65. The van der Waals surface area contributed by atoms with Crippen LogP contribution in [0.4, 0.5) is 5.69 Å². The van der Waals surface area contributed by atoms with Gasteiger partial charge >= 0.3 is 0 Å². The molecule has 0 atom stereocenters. The molecule has 1 heterocycles. The van der Waals surface area contributed by atoms with Gasteiger partial charge in [0, 0.05) is 16.2 Å². The van der Waals surface area contributed by atoms with Crippen molar-refractivity contribution in [3.63, 3.8) is 0 Å². The maximum atomic E-state index is 6.06. The molecule has 0 spiro atoms. The maximum Gasteiger partial charge on any atom is 0.0568 e. The summed E-state index contributed by atoms with van der Waals surface area (Å²) in [6.07, 6.45) is 2.40. The van der Waals surface area contributed by atoms with Crippen LogP contribution in [-0.2, 0) is 0 Å². The fraction of sp³-hybridized carbons (Fsp3) is 0.500. The van der Waals surface area contributed by atoms with E-state index in [4.69, 9.17) is 11.6 Å². The van der Waals surface area contributed by atoms with Gasteiger partial charge in [-0.05, 0) is 67.1 Å². The fourth-order valence-electron chi connectivity index (χ4n) is 1.97. The Morgan fingerprint density at radius 1 is 1.38 bits per heavy atom. The molecular weight excluding hydrogens is 288 g/mol. The highest BCUT2D eigenvalue weighted by molar-refractivity contribution is 9.10. The number of hydrogen-bond donors (Lipinski definition) is 1. The van der Waals surface area contributed by atoms with Gasteiger partial charge in [-0.1, -0.05) is 11.6 Å². The highest BCUT2D eigenvalue weighted by atomic mass is 79.9. The summed E-state index contributed by atoms with van der Waals surface area (Å²) in [6, 6.07) is 6.60. The highest BCUT2D eigenvalue weighted by Gasteiger charge is 2.16. The summed E-state index contributed by atoms with van der Waals surface area (Å²) >= 11 is 9.46. The van der Waals surface area contributed by atoms with Crippen LogP contribution in [0.5, 0.6) is 0 Å². The molecule has 1 saturated heterocycles. The van der Waals surface area contributed by atoms with Gasteiger partial charge < -0.3 is 10.2 Å². The Labute approximate surface area is 110 Å². The molecule has 16 heavy (non-hydrogen) atoms. The van der Waals surface area contributed by atoms with Crippen LogP contribution in [0.15, 0.2) is 22.7 Å². The van der Waals surface area contributed by atoms with E-state index in [1.54, 1.807) is 0 Å². The van der Waals surface area contributed by atoms with Crippen molar-refractivity contribution in [1.29, 1.82) is 0 Å². The Morgan fingerprint density at radius 2 is 2.06 bits per heavy atom. The van der Waals surface area contributed by atoms with Gasteiger partial charge in [0.25, 0.3) is 0 Å². The van der Waals surface area contributed by atoms with Gasteiger partial charge in [0.05, 0.1) is 5.02 Å². The van der Waals surface area contributed by atoms with Gasteiger partial charge in [-0.15, -0.1) is 0 Å². The average Bonchev–Trinajstić information content (AvgIpc) is 2.27. The van der Waals surface area contributed by atoms with E-state index in [1.165, 1.54) is 25.9 Å². The predicted molar refractivity (Wildman–Crippen MR) is 73.3 cm³/mol. The van der Waals surface area contributed by atoms with Crippen molar-refractivity contribution < 1.29 is 0 Å². The average molecular weight is 304 g/mol. The number of nitrogens with one attached hydrogen (secondary N) is 1. The number of piperidine rings is 1. The van der Waals surface area contributed by atoms with Gasteiger partial charge in [0.2, 0.25) is 0 Å². The summed E-state index contributed by atoms with van der Waals surface area (Å²) in [5.41, 5.74) is 1.11. The van der Waals surface area contributed by atoms with Gasteiger partial charge in [0.15, 0.2) is 0 Å². The largest absolute Gasteiger partial charge is 0.382 e. The lowest BCUT2D eigenvalue weighted by Gasteiger charge is -2.30. The number of rotatable bonds is 2. The van der Waals surface area contributed by atoms with Gasteiger partial charge in [-0.25, -0.2) is 0 Å². The van der Waals surface area contributed by atoms with E-state index in [0.717, 1.165) is 15.2 Å². The lowest BCUT2D eigenvalue weighted by molar-refractivity contribution is 0.264. The van der Waals surface area contributed by atoms with E-state index in [2.05, 4.69) is 39.3 Å². The van der Waals surface area contributed by atoms with Gasteiger partial charge in [-0.3, -0.25) is 0 Å². The second kappa shape index (κ2) is 5.39. The van der Waals surface area contributed by atoms with Crippen LogP contribution < -0.4 is 5.32 Å². The molecule has 0 bridgehead atoms. The van der Waals surface area contributed by atoms with Crippen LogP contribution in [0.2, 0.25) is 5.02 Å². The Morgan fingerprint density at radius 3 is 2.69 bits per heavy atom. The second-order valence-corrected chi connectivity index (χ2v) is 5.61. The SMILES string of the molecule is CN1CCC(Nc2ccc(Br)c(Cl)c2)CC1. The van der Waals surface area contributed by atoms with E-state index in [-0.39, 0.29) is 0 Å². The standard InChI is InChI=1S/C12H16BrClN2/c1-16-6-4-9(5-7-16)15-10-2-3-11(13)12(14)8-10/h2-3,8-9,15H,4-7H2,1H3. The molecule has 1 aliphatic heterocycles. The molecule has 1 fully saturated rings. The first kappa shape index (κ1) is 12.2. The Balaban J connectivity index is 1.96. The summed E-state index contributed by atoms with van der Waals surface area (Å²) < 4.78 is 0.947. The van der Waals surface area contributed by atoms with E-state index < -0.39 is 0 Å². The number of halogens is 2. The van der Waals surface area contributed by atoms with E-state index in [1.807, 2.05) is 12.1 Å². The minimum Gasteiger partial charge on any atom is -0.382 e. The molecule has 1 N–H and O–H groups in total. The third-order valence-corrected chi connectivity index (χ3v) is 4.24. The Kier molecular flexibility index (Phi) is 4.11. The molecule has 2 rings (SSSR count). The van der Waals surface area contributed by atoms with Crippen molar-refractivity contribution in [3.8, 4) is 0 Å². The third-order valence-electron chi connectivity index (χ3n) is 3.01. The number of benzene rings is 1. The highest BCUT2D eigenvalue weighted by Crippen LogP contribution is 2.26. The molecule has 1 aromatic rings.